The molecule has 1 aromatic carbocycles. The number of H-pyrrole nitrogens is 2. The Balaban J connectivity index is 1.74. The summed E-state index contributed by atoms with van der Waals surface area (Å²) in [6.45, 7) is 3.17. The number of methoxy groups -OCH3 is 1. The largest absolute Gasteiger partial charge is 0.493 e. The number of hydrogen-bond acceptors (Lipinski definition) is 6. The van der Waals surface area contributed by atoms with Gasteiger partial charge in [-0.2, -0.15) is 10.1 Å². The fraction of sp³-hybridized carbons (Fsp3) is 0.312. The first kappa shape index (κ1) is 15.9. The third-order valence-electron chi connectivity index (χ3n) is 3.47. The minimum atomic E-state index is -0.239. The second kappa shape index (κ2) is 7.03. The quantitative estimate of drug-likeness (QED) is 0.613. The summed E-state index contributed by atoms with van der Waals surface area (Å²) in [6, 6.07) is 5.71. The van der Waals surface area contributed by atoms with Crippen molar-refractivity contribution in [3.8, 4) is 11.5 Å². The molecule has 3 rings (SSSR count). The van der Waals surface area contributed by atoms with Crippen molar-refractivity contribution in [1.29, 1.82) is 0 Å². The van der Waals surface area contributed by atoms with E-state index in [0.717, 1.165) is 12.0 Å². The average Bonchev–Trinajstić information content (AvgIpc) is 3.07. The molecule has 0 aliphatic carbocycles. The van der Waals surface area contributed by atoms with Gasteiger partial charge in [0.15, 0.2) is 17.1 Å². The molecule has 3 aromatic rings. The predicted molar refractivity (Wildman–Crippen MR) is 90.6 cm³/mol. The number of benzene rings is 1. The lowest BCUT2D eigenvalue weighted by Crippen LogP contribution is -2.12. The maximum absolute atomic E-state index is 11.9. The molecule has 8 heteroatoms. The molecule has 0 fully saturated rings. The molecule has 126 valence electrons. The van der Waals surface area contributed by atoms with Crippen LogP contribution in [0.25, 0.3) is 11.0 Å². The van der Waals surface area contributed by atoms with Gasteiger partial charge in [-0.05, 0) is 24.1 Å². The molecule has 0 saturated heterocycles. The number of nitrogens with one attached hydrogen (secondary N) is 3. The highest BCUT2D eigenvalue weighted by Crippen LogP contribution is 2.28. The highest BCUT2D eigenvalue weighted by molar-refractivity contribution is 5.73. The molecule has 0 aliphatic heterocycles. The highest BCUT2D eigenvalue weighted by Gasteiger charge is 2.08. The molecule has 0 aliphatic rings. The summed E-state index contributed by atoms with van der Waals surface area (Å²) >= 11 is 0. The first-order valence-electron chi connectivity index (χ1n) is 7.68. The van der Waals surface area contributed by atoms with Crippen LogP contribution < -0.4 is 20.3 Å². The van der Waals surface area contributed by atoms with Gasteiger partial charge >= 0.3 is 0 Å². The second-order valence-corrected chi connectivity index (χ2v) is 5.23. The minimum absolute atomic E-state index is 0.239. The van der Waals surface area contributed by atoms with Crippen LogP contribution in [0.5, 0.6) is 11.5 Å². The average molecular weight is 329 g/mol. The number of rotatable bonds is 7. The van der Waals surface area contributed by atoms with Gasteiger partial charge in [0.2, 0.25) is 5.95 Å². The van der Waals surface area contributed by atoms with E-state index in [-0.39, 0.29) is 5.56 Å². The number of anilines is 1. The molecule has 0 bridgehead atoms. The van der Waals surface area contributed by atoms with Gasteiger partial charge in [-0.15, -0.1) is 0 Å². The van der Waals surface area contributed by atoms with Crippen LogP contribution in [0, 0.1) is 0 Å². The Kier molecular flexibility index (Phi) is 4.64. The Morgan fingerprint density at radius 2 is 2.17 bits per heavy atom. The van der Waals surface area contributed by atoms with Gasteiger partial charge in [0, 0.05) is 6.54 Å². The van der Waals surface area contributed by atoms with E-state index in [9.17, 15) is 4.79 Å². The SMILES string of the molecule is CCCOc1ccc(CNc2nc3[nH]ncc3c(=O)[nH]2)cc1OC. The topological polar surface area (TPSA) is 105 Å². The molecule has 0 saturated carbocycles. The lowest BCUT2D eigenvalue weighted by molar-refractivity contribution is 0.294. The van der Waals surface area contributed by atoms with Crippen molar-refractivity contribution in [1.82, 2.24) is 20.2 Å². The number of hydrogen-bond donors (Lipinski definition) is 3. The van der Waals surface area contributed by atoms with Crippen LogP contribution in [0.4, 0.5) is 5.95 Å². The lowest BCUT2D eigenvalue weighted by Gasteiger charge is -2.12. The third-order valence-corrected chi connectivity index (χ3v) is 3.47. The molecule has 24 heavy (non-hydrogen) atoms. The summed E-state index contributed by atoms with van der Waals surface area (Å²) in [5, 5.41) is 10.0. The minimum Gasteiger partial charge on any atom is -0.493 e. The van der Waals surface area contributed by atoms with Crippen LogP contribution in [0.15, 0.2) is 29.2 Å². The van der Waals surface area contributed by atoms with E-state index in [4.69, 9.17) is 9.47 Å². The van der Waals surface area contributed by atoms with E-state index in [1.807, 2.05) is 18.2 Å². The second-order valence-electron chi connectivity index (χ2n) is 5.23. The lowest BCUT2D eigenvalue weighted by atomic mass is 10.2. The van der Waals surface area contributed by atoms with E-state index in [0.29, 0.717) is 41.6 Å². The molecule has 0 unspecified atom stereocenters. The van der Waals surface area contributed by atoms with Crippen molar-refractivity contribution in [3.05, 3.63) is 40.3 Å². The maximum Gasteiger partial charge on any atom is 0.263 e. The first-order valence-corrected chi connectivity index (χ1v) is 7.68. The smallest absolute Gasteiger partial charge is 0.263 e. The molecule has 2 heterocycles. The number of aromatic nitrogens is 4. The van der Waals surface area contributed by atoms with E-state index >= 15 is 0 Å². The van der Waals surface area contributed by atoms with Crippen molar-refractivity contribution in [2.75, 3.05) is 19.0 Å². The molecule has 0 atom stereocenters. The van der Waals surface area contributed by atoms with Crippen molar-refractivity contribution >= 4 is 17.0 Å². The van der Waals surface area contributed by atoms with Crippen LogP contribution in [-0.4, -0.2) is 33.9 Å². The van der Waals surface area contributed by atoms with Crippen LogP contribution in [-0.2, 0) is 6.54 Å². The molecule has 3 N–H and O–H groups in total. The summed E-state index contributed by atoms with van der Waals surface area (Å²) < 4.78 is 11.0. The van der Waals surface area contributed by atoms with Gasteiger partial charge in [-0.3, -0.25) is 14.9 Å². The number of ether oxygens (including phenoxy) is 2. The van der Waals surface area contributed by atoms with Crippen molar-refractivity contribution in [2.45, 2.75) is 19.9 Å². The van der Waals surface area contributed by atoms with Crippen molar-refractivity contribution in [2.24, 2.45) is 0 Å². The van der Waals surface area contributed by atoms with Crippen LogP contribution >= 0.6 is 0 Å². The van der Waals surface area contributed by atoms with Gasteiger partial charge in [0.25, 0.3) is 5.56 Å². The zero-order chi connectivity index (χ0) is 16.9. The molecule has 0 spiro atoms. The van der Waals surface area contributed by atoms with Gasteiger partial charge < -0.3 is 14.8 Å². The Bertz CT molecular complexity index is 887. The number of fused-ring (bicyclic) bond motifs is 1. The maximum atomic E-state index is 11.9. The molecular formula is C16H19N5O3. The number of nitrogens with zero attached hydrogens (tertiary/aromatic N) is 2. The summed E-state index contributed by atoms with van der Waals surface area (Å²) in [4.78, 5) is 18.8. The predicted octanol–water partition coefficient (Wildman–Crippen LogP) is 2.06. The van der Waals surface area contributed by atoms with Gasteiger partial charge in [-0.1, -0.05) is 13.0 Å². The molecular weight excluding hydrogens is 310 g/mol. The monoisotopic (exact) mass is 329 g/mol. The Morgan fingerprint density at radius 3 is 2.96 bits per heavy atom. The van der Waals surface area contributed by atoms with Crippen molar-refractivity contribution < 1.29 is 9.47 Å². The fourth-order valence-corrected chi connectivity index (χ4v) is 2.27. The zero-order valence-electron chi connectivity index (χ0n) is 13.5. The van der Waals surface area contributed by atoms with Gasteiger partial charge in [0.05, 0.1) is 19.9 Å². The fourth-order valence-electron chi connectivity index (χ4n) is 2.27. The highest BCUT2D eigenvalue weighted by atomic mass is 16.5. The first-order chi connectivity index (χ1) is 11.7. The van der Waals surface area contributed by atoms with E-state index in [1.165, 1.54) is 6.20 Å². The van der Waals surface area contributed by atoms with Gasteiger partial charge in [0.1, 0.15) is 5.39 Å². The summed E-state index contributed by atoms with van der Waals surface area (Å²) in [5.74, 6) is 1.77. The van der Waals surface area contributed by atoms with Crippen LogP contribution in [0.2, 0.25) is 0 Å². The van der Waals surface area contributed by atoms with Crippen LogP contribution in [0.3, 0.4) is 0 Å². The van der Waals surface area contributed by atoms with Crippen molar-refractivity contribution in [3.63, 3.8) is 0 Å². The van der Waals surface area contributed by atoms with E-state index in [2.05, 4.69) is 32.4 Å². The zero-order valence-corrected chi connectivity index (χ0v) is 13.5. The molecule has 0 radical (unpaired) electrons. The Morgan fingerprint density at radius 1 is 1.29 bits per heavy atom. The summed E-state index contributed by atoms with van der Waals surface area (Å²) in [5.41, 5.74) is 1.18. The summed E-state index contributed by atoms with van der Waals surface area (Å²) in [6.07, 6.45) is 2.38. The van der Waals surface area contributed by atoms with Crippen LogP contribution in [0.1, 0.15) is 18.9 Å². The number of aromatic amines is 2. The Labute approximate surface area is 138 Å². The molecule has 2 aromatic heterocycles. The summed E-state index contributed by atoms with van der Waals surface area (Å²) in [7, 11) is 1.61. The van der Waals surface area contributed by atoms with E-state index < -0.39 is 0 Å². The molecule has 0 amide bonds. The van der Waals surface area contributed by atoms with E-state index in [1.54, 1.807) is 7.11 Å². The normalized spacial score (nSPS) is 10.8. The Hall–Kier alpha value is -3.03. The molecule has 8 nitrogen and oxygen atoms in total. The standard InChI is InChI=1S/C16H19N5O3/c1-3-6-24-12-5-4-10(7-13(12)23-2)8-17-16-19-14-11(9-18-21-14)15(22)20-16/h4-5,7,9H,3,6,8H2,1-2H3,(H3,17,18,19,20,21,22). The van der Waals surface area contributed by atoms with Gasteiger partial charge in [-0.25, -0.2) is 0 Å². The third kappa shape index (κ3) is 3.32.